The average molecular weight is 282 g/mol. The fourth-order valence-corrected chi connectivity index (χ4v) is 1.54. The van der Waals surface area contributed by atoms with Crippen LogP contribution >= 0.6 is 12.2 Å². The van der Waals surface area contributed by atoms with E-state index in [9.17, 15) is 0 Å². The minimum atomic E-state index is 0.337. The van der Waals surface area contributed by atoms with Crippen molar-refractivity contribution in [2.24, 2.45) is 10.2 Å². The lowest BCUT2D eigenvalue weighted by Crippen LogP contribution is -2.28. The first-order chi connectivity index (χ1) is 9.84. The van der Waals surface area contributed by atoms with Crippen molar-refractivity contribution in [1.82, 2.24) is 10.9 Å². The Bertz CT molecular complexity index is 540. The molecule has 0 bridgehead atoms. The van der Waals surface area contributed by atoms with Gasteiger partial charge in [0.05, 0.1) is 12.4 Å². The standard InChI is InChI=1S/C15H14N4S/c20-15(18-16-11-13-7-3-1-4-8-13)19-17-12-14-9-5-2-6-10-14/h1-12H,(H2,18,19,20)/b16-11-,17-12-. The lowest BCUT2D eigenvalue weighted by Gasteiger charge is -2.00. The van der Waals surface area contributed by atoms with Gasteiger partial charge in [0.25, 0.3) is 0 Å². The molecule has 0 aliphatic heterocycles. The Kier molecular flexibility index (Phi) is 5.42. The summed E-state index contributed by atoms with van der Waals surface area (Å²) in [5.74, 6) is 0. The minimum absolute atomic E-state index is 0.337. The summed E-state index contributed by atoms with van der Waals surface area (Å²) in [4.78, 5) is 0. The summed E-state index contributed by atoms with van der Waals surface area (Å²) in [6.07, 6.45) is 3.38. The van der Waals surface area contributed by atoms with E-state index in [1.807, 2.05) is 60.7 Å². The smallest absolute Gasteiger partial charge is 0.207 e. The van der Waals surface area contributed by atoms with Crippen molar-refractivity contribution in [3.8, 4) is 0 Å². The number of nitrogens with zero attached hydrogens (tertiary/aromatic N) is 2. The Labute approximate surface area is 123 Å². The monoisotopic (exact) mass is 282 g/mol. The lowest BCUT2D eigenvalue weighted by molar-refractivity contribution is 0.935. The predicted octanol–water partition coefficient (Wildman–Crippen LogP) is 2.52. The summed E-state index contributed by atoms with van der Waals surface area (Å²) in [6.45, 7) is 0. The fraction of sp³-hybridized carbons (Fsp3) is 0. The van der Waals surface area contributed by atoms with Crippen molar-refractivity contribution in [1.29, 1.82) is 0 Å². The van der Waals surface area contributed by atoms with Gasteiger partial charge in [-0.1, -0.05) is 60.7 Å². The van der Waals surface area contributed by atoms with Crippen LogP contribution in [-0.2, 0) is 0 Å². The third-order valence-corrected chi connectivity index (χ3v) is 2.54. The molecule has 2 aromatic carbocycles. The Balaban J connectivity index is 1.76. The predicted molar refractivity (Wildman–Crippen MR) is 86.9 cm³/mol. The number of rotatable bonds is 4. The SMILES string of the molecule is S=C(N/N=C\c1ccccc1)N/N=C\c1ccccc1. The van der Waals surface area contributed by atoms with Crippen LogP contribution < -0.4 is 10.9 Å². The van der Waals surface area contributed by atoms with Crippen LogP contribution in [0.3, 0.4) is 0 Å². The Morgan fingerprint density at radius 2 is 1.15 bits per heavy atom. The number of hydrogen-bond donors (Lipinski definition) is 2. The molecule has 0 saturated carbocycles. The highest BCUT2D eigenvalue weighted by Gasteiger charge is 1.89. The summed E-state index contributed by atoms with van der Waals surface area (Å²) in [6, 6.07) is 19.5. The first-order valence-corrected chi connectivity index (χ1v) is 6.47. The van der Waals surface area contributed by atoms with Crippen LogP contribution in [0.15, 0.2) is 70.9 Å². The quantitative estimate of drug-likeness (QED) is 0.514. The van der Waals surface area contributed by atoms with Crippen LogP contribution in [0.1, 0.15) is 11.1 Å². The molecule has 20 heavy (non-hydrogen) atoms. The van der Waals surface area contributed by atoms with Crippen molar-refractivity contribution < 1.29 is 0 Å². The van der Waals surface area contributed by atoms with Crippen LogP contribution in [0, 0.1) is 0 Å². The van der Waals surface area contributed by atoms with Gasteiger partial charge in [-0.2, -0.15) is 10.2 Å². The van der Waals surface area contributed by atoms with Gasteiger partial charge in [-0.3, -0.25) is 10.9 Å². The highest BCUT2D eigenvalue weighted by Crippen LogP contribution is 1.94. The molecule has 0 aliphatic carbocycles. The summed E-state index contributed by atoms with van der Waals surface area (Å²) in [7, 11) is 0. The maximum atomic E-state index is 5.04. The van der Waals surface area contributed by atoms with Crippen LogP contribution in [0.2, 0.25) is 0 Å². The largest absolute Gasteiger partial charge is 0.252 e. The highest BCUT2D eigenvalue weighted by atomic mass is 32.1. The molecule has 0 saturated heterocycles. The van der Waals surface area contributed by atoms with Crippen molar-refractivity contribution in [2.45, 2.75) is 0 Å². The molecule has 5 heteroatoms. The Morgan fingerprint density at radius 1 is 0.750 bits per heavy atom. The molecule has 0 spiro atoms. The van der Waals surface area contributed by atoms with Crippen LogP contribution in [-0.4, -0.2) is 17.5 Å². The second-order valence-corrected chi connectivity index (χ2v) is 4.30. The van der Waals surface area contributed by atoms with Crippen molar-refractivity contribution in [2.75, 3.05) is 0 Å². The molecule has 0 atom stereocenters. The maximum Gasteiger partial charge on any atom is 0.207 e. The number of hydrazone groups is 2. The Hall–Kier alpha value is -2.53. The molecule has 100 valence electrons. The summed E-state index contributed by atoms with van der Waals surface area (Å²) >= 11 is 5.04. The second kappa shape index (κ2) is 7.81. The molecule has 0 aliphatic rings. The molecule has 0 amide bonds. The Morgan fingerprint density at radius 3 is 1.55 bits per heavy atom. The first-order valence-electron chi connectivity index (χ1n) is 6.07. The molecule has 0 aromatic heterocycles. The normalized spacial score (nSPS) is 10.8. The van der Waals surface area contributed by atoms with Gasteiger partial charge in [-0.15, -0.1) is 0 Å². The molecule has 2 N–H and O–H groups in total. The number of hydrogen-bond acceptors (Lipinski definition) is 3. The fourth-order valence-electron chi connectivity index (χ4n) is 1.43. The summed E-state index contributed by atoms with van der Waals surface area (Å²) < 4.78 is 0. The first kappa shape index (κ1) is 13.9. The van der Waals surface area contributed by atoms with Gasteiger partial charge >= 0.3 is 0 Å². The molecule has 0 fully saturated rings. The molecule has 0 radical (unpaired) electrons. The van der Waals surface area contributed by atoms with E-state index in [-0.39, 0.29) is 0 Å². The van der Waals surface area contributed by atoms with Gasteiger partial charge in [-0.05, 0) is 23.3 Å². The van der Waals surface area contributed by atoms with E-state index in [1.165, 1.54) is 0 Å². The number of nitrogens with one attached hydrogen (secondary N) is 2. The molecule has 4 nitrogen and oxygen atoms in total. The molecule has 0 unspecified atom stereocenters. The number of thiocarbonyl (C=S) groups is 1. The third-order valence-electron chi connectivity index (χ3n) is 2.36. The van der Waals surface area contributed by atoms with E-state index in [2.05, 4.69) is 21.1 Å². The maximum absolute atomic E-state index is 5.04. The van der Waals surface area contributed by atoms with Crippen LogP contribution in [0.4, 0.5) is 0 Å². The van der Waals surface area contributed by atoms with E-state index in [1.54, 1.807) is 12.4 Å². The molecular weight excluding hydrogens is 268 g/mol. The number of benzene rings is 2. The minimum Gasteiger partial charge on any atom is -0.252 e. The van der Waals surface area contributed by atoms with Gasteiger partial charge in [0.15, 0.2) is 0 Å². The van der Waals surface area contributed by atoms with Crippen molar-refractivity contribution >= 4 is 29.8 Å². The van der Waals surface area contributed by atoms with E-state index in [0.29, 0.717) is 5.11 Å². The van der Waals surface area contributed by atoms with E-state index < -0.39 is 0 Å². The summed E-state index contributed by atoms with van der Waals surface area (Å²) in [5, 5.41) is 8.37. The van der Waals surface area contributed by atoms with Gasteiger partial charge in [0.1, 0.15) is 0 Å². The van der Waals surface area contributed by atoms with Crippen LogP contribution in [0.25, 0.3) is 0 Å². The molecule has 2 rings (SSSR count). The van der Waals surface area contributed by atoms with Gasteiger partial charge in [0.2, 0.25) is 5.11 Å². The molecule has 0 heterocycles. The molecular formula is C15H14N4S. The average Bonchev–Trinajstić information content (AvgIpc) is 2.49. The highest BCUT2D eigenvalue weighted by molar-refractivity contribution is 7.80. The zero-order valence-electron chi connectivity index (χ0n) is 10.7. The molecule has 2 aromatic rings. The third kappa shape index (κ3) is 4.99. The topological polar surface area (TPSA) is 48.8 Å². The van der Waals surface area contributed by atoms with Gasteiger partial charge in [-0.25, -0.2) is 0 Å². The van der Waals surface area contributed by atoms with Crippen LogP contribution in [0.5, 0.6) is 0 Å². The zero-order valence-corrected chi connectivity index (χ0v) is 11.5. The second-order valence-electron chi connectivity index (χ2n) is 3.89. The van der Waals surface area contributed by atoms with Gasteiger partial charge in [0, 0.05) is 0 Å². The van der Waals surface area contributed by atoms with Crippen molar-refractivity contribution in [3.05, 3.63) is 71.8 Å². The van der Waals surface area contributed by atoms with E-state index in [0.717, 1.165) is 11.1 Å². The van der Waals surface area contributed by atoms with E-state index in [4.69, 9.17) is 12.2 Å². The van der Waals surface area contributed by atoms with E-state index >= 15 is 0 Å². The van der Waals surface area contributed by atoms with Crippen molar-refractivity contribution in [3.63, 3.8) is 0 Å². The lowest BCUT2D eigenvalue weighted by atomic mass is 10.2. The zero-order chi connectivity index (χ0) is 14.0. The van der Waals surface area contributed by atoms with Gasteiger partial charge < -0.3 is 0 Å². The summed E-state index contributed by atoms with van der Waals surface area (Å²) in [5.41, 5.74) is 7.38.